The van der Waals surface area contributed by atoms with E-state index in [9.17, 15) is 5.11 Å². The van der Waals surface area contributed by atoms with Gasteiger partial charge in [-0.25, -0.2) is 0 Å². The number of benzene rings is 1. The molecule has 0 bridgehead atoms. The molecule has 1 aliphatic rings. The van der Waals surface area contributed by atoms with Gasteiger partial charge in [0.05, 0.1) is 6.10 Å². The van der Waals surface area contributed by atoms with Crippen molar-refractivity contribution in [3.63, 3.8) is 0 Å². The van der Waals surface area contributed by atoms with Gasteiger partial charge in [-0.3, -0.25) is 0 Å². The molecule has 94 valence electrons. The lowest BCUT2D eigenvalue weighted by Crippen LogP contribution is -2.34. The minimum Gasteiger partial charge on any atom is -0.390 e. The van der Waals surface area contributed by atoms with Crippen LogP contribution < -0.4 is 5.32 Å². The van der Waals surface area contributed by atoms with Gasteiger partial charge in [0.1, 0.15) is 0 Å². The van der Waals surface area contributed by atoms with Gasteiger partial charge in [-0.05, 0) is 50.2 Å². The van der Waals surface area contributed by atoms with Crippen molar-refractivity contribution < 1.29 is 5.11 Å². The third-order valence-corrected chi connectivity index (χ3v) is 3.31. The third-order valence-electron chi connectivity index (χ3n) is 3.05. The fourth-order valence-electron chi connectivity index (χ4n) is 2.13. The molecule has 0 unspecified atom stereocenters. The Morgan fingerprint density at radius 1 is 1.24 bits per heavy atom. The predicted octanol–water partition coefficient (Wildman–Crippen LogP) is 2.21. The molecular weight excluding hydrogens is 236 g/mol. The van der Waals surface area contributed by atoms with Gasteiger partial charge in [-0.1, -0.05) is 11.6 Å². The molecule has 0 amide bonds. The van der Waals surface area contributed by atoms with Gasteiger partial charge in [0.15, 0.2) is 0 Å². The van der Waals surface area contributed by atoms with Crippen LogP contribution in [-0.4, -0.2) is 42.3 Å². The summed E-state index contributed by atoms with van der Waals surface area (Å²) in [5.74, 6) is 0. The standard InChI is InChI=1S/C13H19ClN2O/c14-11-3-5-12(6-4-11)15-9-13(17)10-16-7-1-2-8-16/h3-6,13,15,17H,1-2,7-10H2/t13-/m1/s1. The van der Waals surface area contributed by atoms with E-state index in [2.05, 4.69) is 10.2 Å². The van der Waals surface area contributed by atoms with E-state index < -0.39 is 0 Å². The highest BCUT2D eigenvalue weighted by Crippen LogP contribution is 2.13. The maximum atomic E-state index is 9.90. The number of rotatable bonds is 5. The number of nitrogens with zero attached hydrogens (tertiary/aromatic N) is 1. The Hall–Kier alpha value is -0.770. The van der Waals surface area contributed by atoms with Crippen LogP contribution in [0.2, 0.25) is 5.02 Å². The molecule has 0 aromatic heterocycles. The maximum Gasteiger partial charge on any atom is 0.0839 e. The highest BCUT2D eigenvalue weighted by atomic mass is 35.5. The summed E-state index contributed by atoms with van der Waals surface area (Å²) in [5.41, 5.74) is 0.995. The van der Waals surface area contributed by atoms with Crippen LogP contribution in [0.4, 0.5) is 5.69 Å². The molecule has 1 aromatic rings. The summed E-state index contributed by atoms with van der Waals surface area (Å²) >= 11 is 5.80. The molecular formula is C13H19ClN2O. The maximum absolute atomic E-state index is 9.90. The number of nitrogens with one attached hydrogen (secondary N) is 1. The zero-order valence-corrected chi connectivity index (χ0v) is 10.7. The molecule has 1 heterocycles. The number of aliphatic hydroxyl groups is 1. The monoisotopic (exact) mass is 254 g/mol. The first-order chi connectivity index (χ1) is 8.24. The lowest BCUT2D eigenvalue weighted by Gasteiger charge is -2.20. The Balaban J connectivity index is 1.71. The largest absolute Gasteiger partial charge is 0.390 e. The fraction of sp³-hybridized carbons (Fsp3) is 0.538. The lowest BCUT2D eigenvalue weighted by molar-refractivity contribution is 0.135. The first kappa shape index (κ1) is 12.7. The molecule has 1 atom stereocenters. The van der Waals surface area contributed by atoms with Crippen LogP contribution in [0.1, 0.15) is 12.8 Å². The van der Waals surface area contributed by atoms with Crippen molar-refractivity contribution in [3.05, 3.63) is 29.3 Å². The van der Waals surface area contributed by atoms with Crippen molar-refractivity contribution in [3.8, 4) is 0 Å². The summed E-state index contributed by atoms with van der Waals surface area (Å²) in [7, 11) is 0. The van der Waals surface area contributed by atoms with E-state index in [1.807, 2.05) is 24.3 Å². The van der Waals surface area contributed by atoms with Crippen LogP contribution in [0, 0.1) is 0 Å². The van der Waals surface area contributed by atoms with E-state index in [-0.39, 0.29) is 6.10 Å². The van der Waals surface area contributed by atoms with Gasteiger partial charge in [-0.15, -0.1) is 0 Å². The second-order valence-electron chi connectivity index (χ2n) is 4.55. The molecule has 4 heteroatoms. The van der Waals surface area contributed by atoms with Gasteiger partial charge >= 0.3 is 0 Å². The predicted molar refractivity (Wildman–Crippen MR) is 71.6 cm³/mol. The molecule has 0 spiro atoms. The topological polar surface area (TPSA) is 35.5 Å². The van der Waals surface area contributed by atoms with Crippen molar-refractivity contribution in [2.75, 3.05) is 31.5 Å². The van der Waals surface area contributed by atoms with Gasteiger partial charge in [0.25, 0.3) is 0 Å². The summed E-state index contributed by atoms with van der Waals surface area (Å²) in [4.78, 5) is 2.31. The van der Waals surface area contributed by atoms with E-state index in [0.717, 1.165) is 30.3 Å². The van der Waals surface area contributed by atoms with Crippen LogP contribution in [0.3, 0.4) is 0 Å². The Morgan fingerprint density at radius 2 is 1.88 bits per heavy atom. The number of aliphatic hydroxyl groups excluding tert-OH is 1. The van der Waals surface area contributed by atoms with Gasteiger partial charge < -0.3 is 15.3 Å². The molecule has 1 aliphatic heterocycles. The van der Waals surface area contributed by atoms with Gasteiger partial charge in [0.2, 0.25) is 0 Å². The third kappa shape index (κ3) is 4.19. The second kappa shape index (κ2) is 6.24. The normalized spacial score (nSPS) is 18.2. The Labute approximate surface area is 107 Å². The Bertz CT molecular complexity index is 336. The molecule has 1 aromatic carbocycles. The van der Waals surface area contributed by atoms with E-state index in [1.54, 1.807) is 0 Å². The first-order valence-electron chi connectivity index (χ1n) is 6.14. The molecule has 0 radical (unpaired) electrons. The van der Waals surface area contributed by atoms with Crippen molar-refractivity contribution in [2.24, 2.45) is 0 Å². The summed E-state index contributed by atoms with van der Waals surface area (Å²) in [6.07, 6.45) is 2.21. The molecule has 3 nitrogen and oxygen atoms in total. The number of halogens is 1. The SMILES string of the molecule is O[C@H](CNc1ccc(Cl)cc1)CN1CCCC1. The van der Waals surface area contributed by atoms with Gasteiger partial charge in [-0.2, -0.15) is 0 Å². The summed E-state index contributed by atoms with van der Waals surface area (Å²) in [6.45, 7) is 3.59. The molecule has 2 N–H and O–H groups in total. The molecule has 0 saturated carbocycles. The van der Waals surface area contributed by atoms with Crippen LogP contribution in [0.5, 0.6) is 0 Å². The molecule has 17 heavy (non-hydrogen) atoms. The summed E-state index contributed by atoms with van der Waals surface area (Å²) < 4.78 is 0. The number of hydrogen-bond donors (Lipinski definition) is 2. The van der Waals surface area contributed by atoms with Crippen molar-refractivity contribution in [1.82, 2.24) is 4.90 Å². The van der Waals surface area contributed by atoms with Crippen molar-refractivity contribution in [1.29, 1.82) is 0 Å². The lowest BCUT2D eigenvalue weighted by atomic mass is 10.3. The van der Waals surface area contributed by atoms with E-state index in [4.69, 9.17) is 11.6 Å². The van der Waals surface area contributed by atoms with Gasteiger partial charge in [0, 0.05) is 23.8 Å². The Morgan fingerprint density at radius 3 is 2.53 bits per heavy atom. The number of anilines is 1. The van der Waals surface area contributed by atoms with Crippen LogP contribution in [0.15, 0.2) is 24.3 Å². The molecule has 2 rings (SSSR count). The van der Waals surface area contributed by atoms with E-state index in [0.29, 0.717) is 6.54 Å². The van der Waals surface area contributed by atoms with E-state index in [1.165, 1.54) is 12.8 Å². The molecule has 0 aliphatic carbocycles. The minimum atomic E-state index is -0.316. The number of likely N-dealkylation sites (tertiary alicyclic amines) is 1. The Kier molecular flexibility index (Phi) is 4.66. The quantitative estimate of drug-likeness (QED) is 0.846. The molecule has 1 fully saturated rings. The average molecular weight is 255 g/mol. The highest BCUT2D eigenvalue weighted by molar-refractivity contribution is 6.30. The average Bonchev–Trinajstić information content (AvgIpc) is 2.81. The minimum absolute atomic E-state index is 0.316. The van der Waals surface area contributed by atoms with E-state index >= 15 is 0 Å². The van der Waals surface area contributed by atoms with Crippen molar-refractivity contribution in [2.45, 2.75) is 18.9 Å². The highest BCUT2D eigenvalue weighted by Gasteiger charge is 2.15. The van der Waals surface area contributed by atoms with Crippen LogP contribution in [0.25, 0.3) is 0 Å². The van der Waals surface area contributed by atoms with Crippen molar-refractivity contribution >= 4 is 17.3 Å². The summed E-state index contributed by atoms with van der Waals surface area (Å²) in [6, 6.07) is 7.53. The van der Waals surface area contributed by atoms with Crippen LogP contribution >= 0.6 is 11.6 Å². The van der Waals surface area contributed by atoms with Crippen LogP contribution in [-0.2, 0) is 0 Å². The summed E-state index contributed by atoms with van der Waals surface area (Å²) in [5, 5.41) is 13.8. The number of hydrogen-bond acceptors (Lipinski definition) is 3. The zero-order valence-electron chi connectivity index (χ0n) is 9.90. The first-order valence-corrected chi connectivity index (χ1v) is 6.52. The zero-order chi connectivity index (χ0) is 12.1. The smallest absolute Gasteiger partial charge is 0.0839 e. The number of β-amino-alcohol motifs (C(OH)–C–C–N with tert-alkyl or cyclic N) is 1. The molecule has 1 saturated heterocycles. The second-order valence-corrected chi connectivity index (χ2v) is 4.99. The fourth-order valence-corrected chi connectivity index (χ4v) is 2.26.